The summed E-state index contributed by atoms with van der Waals surface area (Å²) in [5.41, 5.74) is -1.15. The standard InChI is InChI=1S/C8H6BrF3O2S/c1-15(13,14)7-4-5(9)2-3-6(7)8(10,11)12/h2-4H,1H3. The number of sulfone groups is 1. The Hall–Kier alpha value is -0.560. The van der Waals surface area contributed by atoms with Crippen LogP contribution in [0.3, 0.4) is 0 Å². The van der Waals surface area contributed by atoms with Crippen LogP contribution in [0, 0.1) is 0 Å². The van der Waals surface area contributed by atoms with Gasteiger partial charge in [0.2, 0.25) is 0 Å². The van der Waals surface area contributed by atoms with Gasteiger partial charge in [0, 0.05) is 10.7 Å². The highest BCUT2D eigenvalue weighted by Crippen LogP contribution is 2.35. The van der Waals surface area contributed by atoms with Gasteiger partial charge in [-0.1, -0.05) is 15.9 Å². The molecule has 0 saturated heterocycles. The number of halogens is 4. The van der Waals surface area contributed by atoms with Gasteiger partial charge in [-0.25, -0.2) is 8.42 Å². The average Bonchev–Trinajstić information content (AvgIpc) is 2.00. The normalized spacial score (nSPS) is 12.9. The summed E-state index contributed by atoms with van der Waals surface area (Å²) < 4.78 is 59.8. The molecule has 2 nitrogen and oxygen atoms in total. The zero-order valence-corrected chi connectivity index (χ0v) is 9.87. The van der Waals surface area contributed by atoms with Crippen LogP contribution in [0.1, 0.15) is 5.56 Å². The summed E-state index contributed by atoms with van der Waals surface area (Å²) >= 11 is 2.92. The van der Waals surface area contributed by atoms with Crippen LogP contribution in [0.15, 0.2) is 27.6 Å². The Morgan fingerprint density at radius 1 is 1.27 bits per heavy atom. The highest BCUT2D eigenvalue weighted by Gasteiger charge is 2.35. The van der Waals surface area contributed by atoms with Crippen LogP contribution in [0.4, 0.5) is 13.2 Å². The molecule has 0 N–H and O–H groups in total. The van der Waals surface area contributed by atoms with Crippen molar-refractivity contribution >= 4 is 25.8 Å². The molecule has 7 heteroatoms. The molecule has 0 heterocycles. The minimum Gasteiger partial charge on any atom is -0.224 e. The monoisotopic (exact) mass is 302 g/mol. The van der Waals surface area contributed by atoms with Crippen LogP contribution < -0.4 is 0 Å². The summed E-state index contributed by atoms with van der Waals surface area (Å²) in [6.07, 6.45) is -3.93. The lowest BCUT2D eigenvalue weighted by Crippen LogP contribution is -2.12. The van der Waals surface area contributed by atoms with Crippen molar-refractivity contribution in [3.05, 3.63) is 28.2 Å². The van der Waals surface area contributed by atoms with Crippen molar-refractivity contribution < 1.29 is 21.6 Å². The molecule has 0 fully saturated rings. The number of benzene rings is 1. The molecule has 0 saturated carbocycles. The van der Waals surface area contributed by atoms with E-state index >= 15 is 0 Å². The minimum atomic E-state index is -4.67. The van der Waals surface area contributed by atoms with Crippen molar-refractivity contribution in [2.24, 2.45) is 0 Å². The van der Waals surface area contributed by atoms with Gasteiger partial charge < -0.3 is 0 Å². The Bertz CT molecular complexity index is 479. The fourth-order valence-corrected chi connectivity index (χ4v) is 2.47. The fraction of sp³-hybridized carbons (Fsp3) is 0.250. The van der Waals surface area contributed by atoms with Gasteiger partial charge in [-0.3, -0.25) is 0 Å². The second kappa shape index (κ2) is 3.79. The molecular weight excluding hydrogens is 297 g/mol. The lowest BCUT2D eigenvalue weighted by molar-refractivity contribution is -0.139. The van der Waals surface area contributed by atoms with Crippen molar-refractivity contribution in [2.75, 3.05) is 6.26 Å². The van der Waals surface area contributed by atoms with Gasteiger partial charge in [0.05, 0.1) is 10.5 Å². The van der Waals surface area contributed by atoms with Crippen LogP contribution in [0.5, 0.6) is 0 Å². The third-order valence-electron chi connectivity index (χ3n) is 1.65. The summed E-state index contributed by atoms with van der Waals surface area (Å²) in [4.78, 5) is -0.718. The molecule has 1 rings (SSSR count). The highest BCUT2D eigenvalue weighted by molar-refractivity contribution is 9.10. The van der Waals surface area contributed by atoms with Crippen molar-refractivity contribution in [2.45, 2.75) is 11.1 Å². The average molecular weight is 303 g/mol. The predicted octanol–water partition coefficient (Wildman–Crippen LogP) is 2.87. The maximum Gasteiger partial charge on any atom is 0.417 e. The number of hydrogen-bond donors (Lipinski definition) is 0. The maximum atomic E-state index is 12.4. The van der Waals surface area contributed by atoms with E-state index in [-0.39, 0.29) is 4.47 Å². The molecule has 15 heavy (non-hydrogen) atoms. The van der Waals surface area contributed by atoms with Crippen LogP contribution in [0.25, 0.3) is 0 Å². The van der Waals surface area contributed by atoms with Crippen LogP contribution >= 0.6 is 15.9 Å². The second-order valence-electron chi connectivity index (χ2n) is 2.91. The van der Waals surface area contributed by atoms with Gasteiger partial charge in [-0.15, -0.1) is 0 Å². The molecule has 0 aliphatic heterocycles. The van der Waals surface area contributed by atoms with Crippen molar-refractivity contribution in [3.8, 4) is 0 Å². The van der Waals surface area contributed by atoms with E-state index in [9.17, 15) is 21.6 Å². The van der Waals surface area contributed by atoms with E-state index < -0.39 is 26.5 Å². The predicted molar refractivity (Wildman–Crippen MR) is 52.3 cm³/mol. The summed E-state index contributed by atoms with van der Waals surface area (Å²) in [5.74, 6) is 0. The molecule has 1 aromatic carbocycles. The largest absolute Gasteiger partial charge is 0.417 e. The molecule has 0 spiro atoms. The summed E-state index contributed by atoms with van der Waals surface area (Å²) in [5, 5.41) is 0. The number of alkyl halides is 3. The Balaban J connectivity index is 3.55. The Kier molecular flexibility index (Phi) is 3.16. The second-order valence-corrected chi connectivity index (χ2v) is 5.81. The molecule has 0 aliphatic rings. The molecule has 0 aliphatic carbocycles. The molecule has 0 atom stereocenters. The molecule has 84 valence electrons. The minimum absolute atomic E-state index is 0.288. The van der Waals surface area contributed by atoms with Gasteiger partial charge in [-0.05, 0) is 18.2 Å². The van der Waals surface area contributed by atoms with Gasteiger partial charge in [0.1, 0.15) is 0 Å². The first-order valence-corrected chi connectivity index (χ1v) is 6.37. The first-order valence-electron chi connectivity index (χ1n) is 3.69. The van der Waals surface area contributed by atoms with Crippen molar-refractivity contribution in [1.29, 1.82) is 0 Å². The summed E-state index contributed by atoms with van der Waals surface area (Å²) in [6, 6.07) is 2.83. The van der Waals surface area contributed by atoms with Crippen LogP contribution in [-0.2, 0) is 16.0 Å². The smallest absolute Gasteiger partial charge is 0.224 e. The van der Waals surface area contributed by atoms with Gasteiger partial charge in [0.25, 0.3) is 0 Å². The van der Waals surface area contributed by atoms with Crippen molar-refractivity contribution in [1.82, 2.24) is 0 Å². The SMILES string of the molecule is CS(=O)(=O)c1cc(Br)ccc1C(F)(F)F. The lowest BCUT2D eigenvalue weighted by Gasteiger charge is -2.11. The van der Waals surface area contributed by atoms with Gasteiger partial charge in [0.15, 0.2) is 9.84 Å². The Morgan fingerprint density at radius 2 is 1.80 bits per heavy atom. The topological polar surface area (TPSA) is 34.1 Å². The fourth-order valence-electron chi connectivity index (χ4n) is 1.04. The third-order valence-corrected chi connectivity index (χ3v) is 3.28. The molecule has 0 amide bonds. The maximum absolute atomic E-state index is 12.4. The van der Waals surface area contributed by atoms with E-state index in [0.717, 1.165) is 24.5 Å². The zero-order chi connectivity index (χ0) is 11.9. The van der Waals surface area contributed by atoms with E-state index in [4.69, 9.17) is 0 Å². The number of rotatable bonds is 1. The highest BCUT2D eigenvalue weighted by atomic mass is 79.9. The zero-order valence-electron chi connectivity index (χ0n) is 7.47. The molecule has 0 aromatic heterocycles. The summed E-state index contributed by atoms with van der Waals surface area (Å²) in [7, 11) is -3.89. The van der Waals surface area contributed by atoms with Gasteiger partial charge >= 0.3 is 6.18 Å². The third kappa shape index (κ3) is 2.94. The van der Waals surface area contributed by atoms with Crippen molar-refractivity contribution in [3.63, 3.8) is 0 Å². The van der Waals surface area contributed by atoms with Crippen LogP contribution in [0.2, 0.25) is 0 Å². The Morgan fingerprint density at radius 3 is 2.20 bits per heavy atom. The van der Waals surface area contributed by atoms with Gasteiger partial charge in [-0.2, -0.15) is 13.2 Å². The quantitative estimate of drug-likeness (QED) is 0.799. The number of hydrogen-bond acceptors (Lipinski definition) is 2. The molecule has 1 aromatic rings. The molecule has 0 bridgehead atoms. The van der Waals surface area contributed by atoms with Crippen LogP contribution in [-0.4, -0.2) is 14.7 Å². The van der Waals surface area contributed by atoms with E-state index in [1.165, 1.54) is 0 Å². The molecular formula is C8H6BrF3O2S. The van der Waals surface area contributed by atoms with E-state index in [1.54, 1.807) is 0 Å². The Labute approximate surface area is 93.2 Å². The lowest BCUT2D eigenvalue weighted by atomic mass is 10.2. The van der Waals surface area contributed by atoms with E-state index in [1.807, 2.05) is 0 Å². The first-order chi connectivity index (χ1) is 6.62. The van der Waals surface area contributed by atoms with E-state index in [0.29, 0.717) is 0 Å². The van der Waals surface area contributed by atoms with E-state index in [2.05, 4.69) is 15.9 Å². The molecule has 0 unspecified atom stereocenters. The first kappa shape index (κ1) is 12.5. The molecule has 0 radical (unpaired) electrons. The summed E-state index contributed by atoms with van der Waals surface area (Å²) in [6.45, 7) is 0.